The maximum Gasteiger partial charge on any atom is 0.647 e. The van der Waals surface area contributed by atoms with E-state index in [2.05, 4.69) is 0 Å². The van der Waals surface area contributed by atoms with Gasteiger partial charge in [-0.1, -0.05) is 0 Å². The van der Waals surface area contributed by atoms with Crippen LogP contribution in [0.2, 0.25) is 0 Å². The van der Waals surface area contributed by atoms with E-state index in [1.807, 2.05) is 13.8 Å². The van der Waals surface area contributed by atoms with Crippen LogP contribution in [-0.4, -0.2) is 0 Å². The van der Waals surface area contributed by atoms with Crippen LogP contribution in [0.4, 0.5) is 0 Å². The van der Waals surface area contributed by atoms with Gasteiger partial charge in [-0.2, -0.15) is 4.57 Å². The van der Waals surface area contributed by atoms with Gasteiger partial charge < -0.3 is 13.6 Å². The van der Waals surface area contributed by atoms with Gasteiger partial charge >= 0.3 is 7.82 Å². The normalized spacial score (nSPS) is 26.6. The Kier molecular flexibility index (Phi) is 1.04. The Morgan fingerprint density at radius 3 is 2.62 bits per heavy atom. The van der Waals surface area contributed by atoms with E-state index >= 15 is 0 Å². The topological polar surface area (TPSA) is 44.8 Å². The third kappa shape index (κ3) is 0.742. The third-order valence-electron chi connectivity index (χ3n) is 2.23. The number of aryl methyl sites for hydroxylation is 1. The molecule has 13 heavy (non-hydrogen) atoms. The summed E-state index contributed by atoms with van der Waals surface area (Å²) < 4.78 is 26.9. The molecular weight excluding hydrogens is 191 g/mol. The summed E-state index contributed by atoms with van der Waals surface area (Å²) in [5.41, 5.74) is 1.79. The summed E-state index contributed by atoms with van der Waals surface area (Å²) in [7, 11) is -3.33. The van der Waals surface area contributed by atoms with Crippen molar-refractivity contribution in [1.82, 2.24) is 0 Å². The molecule has 1 unspecified atom stereocenters. The van der Waals surface area contributed by atoms with Crippen LogP contribution >= 0.6 is 7.82 Å². The number of rotatable bonds is 0. The van der Waals surface area contributed by atoms with Crippen molar-refractivity contribution in [2.24, 2.45) is 0 Å². The minimum atomic E-state index is -3.33. The fourth-order valence-corrected chi connectivity index (χ4v) is 3.08. The summed E-state index contributed by atoms with van der Waals surface area (Å²) in [6.45, 7) is 3.75. The number of hydrogen-bond donors (Lipinski definition) is 0. The zero-order valence-corrected chi connectivity index (χ0v) is 8.05. The van der Waals surface area contributed by atoms with Crippen molar-refractivity contribution in [2.45, 2.75) is 13.8 Å². The van der Waals surface area contributed by atoms with Crippen LogP contribution in [0.5, 0.6) is 17.2 Å². The van der Waals surface area contributed by atoms with Gasteiger partial charge in [0.15, 0.2) is 11.5 Å². The molecule has 1 atom stereocenters. The SMILES string of the molecule is Cc1cc2c3c(C)c1OP(=O)(O2)O3. The summed E-state index contributed by atoms with van der Waals surface area (Å²) in [4.78, 5) is 0. The van der Waals surface area contributed by atoms with Gasteiger partial charge in [0.25, 0.3) is 0 Å². The summed E-state index contributed by atoms with van der Waals surface area (Å²) in [6, 6.07) is 1.78. The zero-order chi connectivity index (χ0) is 9.22. The van der Waals surface area contributed by atoms with Crippen LogP contribution < -0.4 is 13.6 Å². The van der Waals surface area contributed by atoms with E-state index in [9.17, 15) is 4.57 Å². The number of hydrogen-bond acceptors (Lipinski definition) is 4. The quantitative estimate of drug-likeness (QED) is 0.601. The molecule has 1 aromatic carbocycles. The summed E-state index contributed by atoms with van der Waals surface area (Å²) >= 11 is 0. The molecule has 4 nitrogen and oxygen atoms in total. The Morgan fingerprint density at radius 1 is 1.15 bits per heavy atom. The van der Waals surface area contributed by atoms with E-state index in [0.29, 0.717) is 17.2 Å². The molecule has 5 heteroatoms. The first-order valence-electron chi connectivity index (χ1n) is 3.92. The molecule has 0 amide bonds. The van der Waals surface area contributed by atoms with Crippen LogP contribution in [-0.2, 0) is 4.57 Å². The molecule has 1 aromatic rings. The highest BCUT2D eigenvalue weighted by Crippen LogP contribution is 2.66. The molecule has 3 rings (SSSR count). The Labute approximate surface area is 75.0 Å². The van der Waals surface area contributed by atoms with E-state index in [1.54, 1.807) is 6.07 Å². The zero-order valence-electron chi connectivity index (χ0n) is 7.16. The van der Waals surface area contributed by atoms with Gasteiger partial charge in [0.1, 0.15) is 5.75 Å². The molecule has 2 heterocycles. The van der Waals surface area contributed by atoms with E-state index in [-0.39, 0.29) is 0 Å². The lowest BCUT2D eigenvalue weighted by Crippen LogP contribution is -2.05. The summed E-state index contributed by atoms with van der Waals surface area (Å²) in [5.74, 6) is 1.72. The lowest BCUT2D eigenvalue weighted by Gasteiger charge is -2.17. The van der Waals surface area contributed by atoms with Crippen molar-refractivity contribution in [3.05, 3.63) is 17.2 Å². The van der Waals surface area contributed by atoms with Gasteiger partial charge in [-0.05, 0) is 25.5 Å². The minimum Gasteiger partial charge on any atom is -0.385 e. The molecule has 0 aliphatic carbocycles. The first kappa shape index (κ1) is 7.27. The number of phosphoric ester groups is 1. The second kappa shape index (κ2) is 1.85. The molecule has 0 aromatic heterocycles. The van der Waals surface area contributed by atoms with E-state index in [1.165, 1.54) is 0 Å². The lowest BCUT2D eigenvalue weighted by molar-refractivity contribution is 0.323. The Bertz CT molecular complexity index is 462. The van der Waals surface area contributed by atoms with Crippen molar-refractivity contribution in [2.75, 3.05) is 0 Å². The molecule has 0 saturated carbocycles. The summed E-state index contributed by atoms with van der Waals surface area (Å²) in [5, 5.41) is 0. The van der Waals surface area contributed by atoms with Gasteiger partial charge in [0, 0.05) is 5.56 Å². The molecular formula is C8H7O4P. The highest BCUT2D eigenvalue weighted by molar-refractivity contribution is 7.50. The fraction of sp³-hybridized carbons (Fsp3) is 0.250. The number of phosphoric acid groups is 1. The standard InChI is InChI=1S/C8H7O4P/c1-4-3-6-8-5(2)7(4)11-13(9,10-6)12-8/h3H,1-2H3. The van der Waals surface area contributed by atoms with Crippen molar-refractivity contribution in [3.63, 3.8) is 0 Å². The van der Waals surface area contributed by atoms with Gasteiger partial charge in [0.2, 0.25) is 0 Å². The predicted molar refractivity (Wildman–Crippen MR) is 45.4 cm³/mol. The van der Waals surface area contributed by atoms with Crippen LogP contribution in [0.25, 0.3) is 0 Å². The molecule has 68 valence electrons. The monoisotopic (exact) mass is 198 g/mol. The average Bonchev–Trinajstić information content (AvgIpc) is 2.25. The Morgan fingerprint density at radius 2 is 1.85 bits per heavy atom. The molecule has 0 radical (unpaired) electrons. The first-order valence-corrected chi connectivity index (χ1v) is 5.38. The summed E-state index contributed by atoms with van der Waals surface area (Å²) in [6.07, 6.45) is 0. The smallest absolute Gasteiger partial charge is 0.385 e. The van der Waals surface area contributed by atoms with E-state index in [4.69, 9.17) is 13.6 Å². The van der Waals surface area contributed by atoms with Gasteiger partial charge in [-0.15, -0.1) is 0 Å². The maximum atomic E-state index is 11.6. The largest absolute Gasteiger partial charge is 0.647 e. The second-order valence-electron chi connectivity index (χ2n) is 3.20. The first-order chi connectivity index (χ1) is 6.09. The molecule has 2 aliphatic rings. The van der Waals surface area contributed by atoms with Crippen LogP contribution in [0.3, 0.4) is 0 Å². The van der Waals surface area contributed by atoms with Crippen LogP contribution in [0, 0.1) is 13.8 Å². The van der Waals surface area contributed by atoms with E-state index in [0.717, 1.165) is 11.1 Å². The molecule has 3 bridgehead atoms. The molecule has 2 aliphatic heterocycles. The van der Waals surface area contributed by atoms with Gasteiger partial charge in [-0.25, -0.2) is 0 Å². The lowest BCUT2D eigenvalue weighted by atomic mass is 10.1. The van der Waals surface area contributed by atoms with Crippen molar-refractivity contribution >= 4 is 7.82 Å². The van der Waals surface area contributed by atoms with Gasteiger partial charge in [0.05, 0.1) is 0 Å². The highest BCUT2D eigenvalue weighted by Gasteiger charge is 2.47. The van der Waals surface area contributed by atoms with Crippen molar-refractivity contribution < 1.29 is 18.1 Å². The molecule has 0 saturated heterocycles. The second-order valence-corrected chi connectivity index (χ2v) is 4.64. The van der Waals surface area contributed by atoms with Gasteiger partial charge in [-0.3, -0.25) is 0 Å². The minimum absolute atomic E-state index is 0.527. The van der Waals surface area contributed by atoms with Crippen molar-refractivity contribution in [1.29, 1.82) is 0 Å². The molecule has 0 fully saturated rings. The number of benzene rings is 1. The highest BCUT2D eigenvalue weighted by atomic mass is 31.2. The Balaban J connectivity index is 2.44. The maximum absolute atomic E-state index is 11.6. The third-order valence-corrected chi connectivity index (χ3v) is 3.46. The molecule has 0 spiro atoms. The fourth-order valence-electron chi connectivity index (χ4n) is 1.63. The van der Waals surface area contributed by atoms with Crippen LogP contribution in [0.1, 0.15) is 11.1 Å². The number of fused-ring (bicyclic) bond motifs is 2. The van der Waals surface area contributed by atoms with E-state index < -0.39 is 7.82 Å². The van der Waals surface area contributed by atoms with Crippen LogP contribution in [0.15, 0.2) is 6.07 Å². The van der Waals surface area contributed by atoms with Crippen molar-refractivity contribution in [3.8, 4) is 17.2 Å². The average molecular weight is 198 g/mol. The molecule has 0 N–H and O–H groups in total. The Hall–Kier alpha value is -1.15. The predicted octanol–water partition coefficient (Wildman–Crippen LogP) is 2.58.